The third kappa shape index (κ3) is 4.45. The van der Waals surface area contributed by atoms with Crippen LogP contribution in [0.3, 0.4) is 0 Å². The van der Waals surface area contributed by atoms with Gasteiger partial charge >= 0.3 is 0 Å². The molecular formula is C13H19NO2. The summed E-state index contributed by atoms with van der Waals surface area (Å²) in [4.78, 5) is 12.6. The molecule has 0 radical (unpaired) electrons. The molecule has 0 bridgehead atoms. The highest BCUT2D eigenvalue weighted by Crippen LogP contribution is 2.14. The molecule has 0 fully saturated rings. The summed E-state index contributed by atoms with van der Waals surface area (Å²) >= 11 is 0. The molecule has 0 aliphatic heterocycles. The first-order chi connectivity index (χ1) is 7.61. The van der Waals surface area contributed by atoms with Gasteiger partial charge in [0.25, 0.3) is 0 Å². The van der Waals surface area contributed by atoms with Crippen LogP contribution in [0.4, 0.5) is 0 Å². The molecule has 1 aromatic rings. The zero-order chi connectivity index (χ0) is 12.0. The van der Waals surface area contributed by atoms with E-state index in [9.17, 15) is 4.79 Å². The Morgan fingerprint density at radius 1 is 1.31 bits per heavy atom. The molecule has 1 atom stereocenters. The summed E-state index contributed by atoms with van der Waals surface area (Å²) < 4.78 is 5.72. The fraction of sp³-hybridized carbons (Fsp3) is 0.462. The molecule has 0 spiro atoms. The van der Waals surface area contributed by atoms with Gasteiger partial charge in [-0.05, 0) is 51.7 Å². The fourth-order valence-electron chi connectivity index (χ4n) is 1.36. The number of benzene rings is 1. The molecule has 3 heteroatoms. The van der Waals surface area contributed by atoms with Gasteiger partial charge in [-0.15, -0.1) is 0 Å². The van der Waals surface area contributed by atoms with Crippen molar-refractivity contribution in [3.05, 3.63) is 29.8 Å². The Morgan fingerprint density at radius 3 is 2.44 bits per heavy atom. The van der Waals surface area contributed by atoms with E-state index in [4.69, 9.17) is 4.74 Å². The number of aldehydes is 1. The molecule has 88 valence electrons. The lowest BCUT2D eigenvalue weighted by molar-refractivity contribution is 0.112. The number of rotatable bonds is 6. The van der Waals surface area contributed by atoms with Crippen LogP contribution in [0, 0.1) is 0 Å². The second-order valence-electron chi connectivity index (χ2n) is 4.21. The maximum atomic E-state index is 10.5. The Labute approximate surface area is 97.0 Å². The number of carbonyl (C=O) groups excluding carboxylic acids is 1. The van der Waals surface area contributed by atoms with Crippen molar-refractivity contribution in [3.8, 4) is 5.75 Å². The summed E-state index contributed by atoms with van der Waals surface area (Å²) in [5, 5.41) is 0. The largest absolute Gasteiger partial charge is 0.491 e. The van der Waals surface area contributed by atoms with Crippen molar-refractivity contribution in [2.75, 3.05) is 20.6 Å². The van der Waals surface area contributed by atoms with Crippen molar-refractivity contribution in [3.63, 3.8) is 0 Å². The first kappa shape index (κ1) is 12.7. The lowest BCUT2D eigenvalue weighted by Gasteiger charge is -2.17. The van der Waals surface area contributed by atoms with Crippen molar-refractivity contribution in [1.29, 1.82) is 0 Å². The number of carbonyl (C=O) groups is 1. The summed E-state index contributed by atoms with van der Waals surface area (Å²) in [7, 11) is 4.09. The van der Waals surface area contributed by atoms with Crippen molar-refractivity contribution < 1.29 is 9.53 Å². The van der Waals surface area contributed by atoms with E-state index >= 15 is 0 Å². The van der Waals surface area contributed by atoms with E-state index < -0.39 is 0 Å². The topological polar surface area (TPSA) is 29.5 Å². The maximum absolute atomic E-state index is 10.5. The highest BCUT2D eigenvalue weighted by Gasteiger charge is 2.04. The zero-order valence-electron chi connectivity index (χ0n) is 10.1. The Kier molecular flexibility index (Phi) is 4.99. The SMILES string of the molecule is CC(CCN(C)C)Oc1ccc(C=O)cc1. The molecule has 1 aromatic carbocycles. The standard InChI is InChI=1S/C13H19NO2/c1-11(8-9-14(2)3)16-13-6-4-12(10-15)5-7-13/h4-7,10-11H,8-9H2,1-3H3. The predicted molar refractivity (Wildman–Crippen MR) is 65.1 cm³/mol. The Hall–Kier alpha value is -1.35. The average Bonchev–Trinajstić information content (AvgIpc) is 2.27. The molecule has 0 aromatic heterocycles. The first-order valence-corrected chi connectivity index (χ1v) is 5.48. The molecule has 3 nitrogen and oxygen atoms in total. The highest BCUT2D eigenvalue weighted by atomic mass is 16.5. The Morgan fingerprint density at radius 2 is 1.94 bits per heavy atom. The van der Waals surface area contributed by atoms with Gasteiger partial charge in [-0.25, -0.2) is 0 Å². The third-order valence-electron chi connectivity index (χ3n) is 2.34. The molecule has 0 N–H and O–H groups in total. The molecule has 0 heterocycles. The van der Waals surface area contributed by atoms with E-state index in [1.165, 1.54) is 0 Å². The molecule has 0 aliphatic carbocycles. The minimum Gasteiger partial charge on any atom is -0.491 e. The maximum Gasteiger partial charge on any atom is 0.150 e. The number of ether oxygens (including phenoxy) is 1. The van der Waals surface area contributed by atoms with Crippen molar-refractivity contribution in [2.24, 2.45) is 0 Å². The van der Waals surface area contributed by atoms with Crippen LogP contribution in [0.2, 0.25) is 0 Å². The molecule has 0 saturated carbocycles. The minimum absolute atomic E-state index is 0.185. The van der Waals surface area contributed by atoms with E-state index in [1.54, 1.807) is 12.1 Å². The van der Waals surface area contributed by atoms with Crippen molar-refractivity contribution >= 4 is 6.29 Å². The quantitative estimate of drug-likeness (QED) is 0.690. The van der Waals surface area contributed by atoms with Crippen LogP contribution < -0.4 is 4.74 Å². The average molecular weight is 221 g/mol. The van der Waals surface area contributed by atoms with Gasteiger partial charge in [0.05, 0.1) is 6.10 Å². The van der Waals surface area contributed by atoms with Crippen LogP contribution >= 0.6 is 0 Å². The van der Waals surface area contributed by atoms with E-state index in [0.717, 1.165) is 25.0 Å². The second kappa shape index (κ2) is 6.28. The molecule has 16 heavy (non-hydrogen) atoms. The van der Waals surface area contributed by atoms with Crippen molar-refractivity contribution in [1.82, 2.24) is 4.90 Å². The van der Waals surface area contributed by atoms with Crippen LogP contribution in [0.5, 0.6) is 5.75 Å². The van der Waals surface area contributed by atoms with Gasteiger partial charge in [-0.3, -0.25) is 4.79 Å². The van der Waals surface area contributed by atoms with E-state index in [1.807, 2.05) is 26.2 Å². The summed E-state index contributed by atoms with van der Waals surface area (Å²) in [5.74, 6) is 0.817. The molecular weight excluding hydrogens is 202 g/mol. The number of nitrogens with zero attached hydrogens (tertiary/aromatic N) is 1. The van der Waals surface area contributed by atoms with Gasteiger partial charge in [0, 0.05) is 12.1 Å². The highest BCUT2D eigenvalue weighted by molar-refractivity contribution is 5.74. The molecule has 0 saturated heterocycles. The van der Waals surface area contributed by atoms with E-state index in [-0.39, 0.29) is 6.10 Å². The monoisotopic (exact) mass is 221 g/mol. The van der Waals surface area contributed by atoms with Gasteiger partial charge in [0.15, 0.2) is 0 Å². The van der Waals surface area contributed by atoms with Gasteiger partial charge in [0.2, 0.25) is 0 Å². The van der Waals surface area contributed by atoms with Crippen LogP contribution in [0.1, 0.15) is 23.7 Å². The second-order valence-corrected chi connectivity index (χ2v) is 4.21. The van der Waals surface area contributed by atoms with Gasteiger partial charge < -0.3 is 9.64 Å². The predicted octanol–water partition coefficient (Wildman–Crippen LogP) is 2.22. The number of hydrogen-bond acceptors (Lipinski definition) is 3. The third-order valence-corrected chi connectivity index (χ3v) is 2.34. The smallest absolute Gasteiger partial charge is 0.150 e. The summed E-state index contributed by atoms with van der Waals surface area (Å²) in [5.41, 5.74) is 0.674. The number of hydrogen-bond donors (Lipinski definition) is 0. The Balaban J connectivity index is 2.43. The summed E-state index contributed by atoms with van der Waals surface area (Å²) in [6, 6.07) is 7.19. The minimum atomic E-state index is 0.185. The van der Waals surface area contributed by atoms with Crippen LogP contribution in [-0.4, -0.2) is 37.9 Å². The van der Waals surface area contributed by atoms with Crippen molar-refractivity contribution in [2.45, 2.75) is 19.4 Å². The lowest BCUT2D eigenvalue weighted by atomic mass is 10.2. The molecule has 1 unspecified atom stereocenters. The van der Waals surface area contributed by atoms with Gasteiger partial charge in [-0.2, -0.15) is 0 Å². The van der Waals surface area contributed by atoms with Crippen LogP contribution in [-0.2, 0) is 0 Å². The molecule has 1 rings (SSSR count). The van der Waals surface area contributed by atoms with Gasteiger partial charge in [-0.1, -0.05) is 0 Å². The first-order valence-electron chi connectivity index (χ1n) is 5.48. The van der Waals surface area contributed by atoms with E-state index in [2.05, 4.69) is 11.8 Å². The van der Waals surface area contributed by atoms with Crippen LogP contribution in [0.15, 0.2) is 24.3 Å². The fourth-order valence-corrected chi connectivity index (χ4v) is 1.36. The molecule has 0 aliphatic rings. The lowest BCUT2D eigenvalue weighted by Crippen LogP contribution is -2.21. The Bertz CT molecular complexity index is 319. The normalized spacial score (nSPS) is 12.5. The summed E-state index contributed by atoms with van der Waals surface area (Å²) in [6.07, 6.45) is 2.01. The zero-order valence-corrected chi connectivity index (χ0v) is 10.1. The van der Waals surface area contributed by atoms with Gasteiger partial charge in [0.1, 0.15) is 12.0 Å². The van der Waals surface area contributed by atoms with E-state index in [0.29, 0.717) is 5.56 Å². The molecule has 0 amide bonds. The van der Waals surface area contributed by atoms with Crippen LogP contribution in [0.25, 0.3) is 0 Å². The summed E-state index contributed by atoms with van der Waals surface area (Å²) in [6.45, 7) is 3.06.